The quantitative estimate of drug-likeness (QED) is 0.856. The van der Waals surface area contributed by atoms with E-state index < -0.39 is 5.66 Å². The highest BCUT2D eigenvalue weighted by molar-refractivity contribution is 6.07. The summed E-state index contributed by atoms with van der Waals surface area (Å²) in [5.74, 6) is 0.536. The Labute approximate surface area is 148 Å². The molecule has 1 fully saturated rings. The zero-order chi connectivity index (χ0) is 18.2. The van der Waals surface area contributed by atoms with Crippen molar-refractivity contribution in [1.29, 1.82) is 0 Å². The van der Waals surface area contributed by atoms with Gasteiger partial charge in [0, 0.05) is 25.3 Å². The van der Waals surface area contributed by atoms with E-state index >= 15 is 0 Å². The van der Waals surface area contributed by atoms with E-state index in [0.717, 1.165) is 36.9 Å². The van der Waals surface area contributed by atoms with Crippen molar-refractivity contribution in [3.63, 3.8) is 0 Å². The number of carbonyl (C=O) groups is 1. The van der Waals surface area contributed by atoms with Gasteiger partial charge >= 0.3 is 0 Å². The molecule has 0 atom stereocenters. The molecule has 2 aliphatic rings. The van der Waals surface area contributed by atoms with Gasteiger partial charge in [0.05, 0.1) is 0 Å². The first-order valence-electron chi connectivity index (χ1n) is 8.67. The van der Waals surface area contributed by atoms with Gasteiger partial charge in [0.2, 0.25) is 11.9 Å². The molecular formula is C18H26N6O. The fourth-order valence-corrected chi connectivity index (χ4v) is 3.81. The van der Waals surface area contributed by atoms with E-state index in [1.165, 1.54) is 6.42 Å². The number of rotatable bonds is 2. The van der Waals surface area contributed by atoms with E-state index in [-0.39, 0.29) is 11.9 Å². The first-order chi connectivity index (χ1) is 11.9. The molecule has 1 saturated carbocycles. The van der Waals surface area contributed by atoms with Gasteiger partial charge in [-0.3, -0.25) is 9.69 Å². The average molecular weight is 342 g/mol. The number of hydrogen-bond acceptors (Lipinski definition) is 6. The van der Waals surface area contributed by atoms with Crippen molar-refractivity contribution in [1.82, 2.24) is 4.90 Å². The lowest BCUT2D eigenvalue weighted by Crippen LogP contribution is -2.58. The highest BCUT2D eigenvalue weighted by atomic mass is 16.2. The molecule has 4 N–H and O–H groups in total. The van der Waals surface area contributed by atoms with Gasteiger partial charge in [0.15, 0.2) is 0 Å². The summed E-state index contributed by atoms with van der Waals surface area (Å²) >= 11 is 0. The molecule has 1 amide bonds. The van der Waals surface area contributed by atoms with Gasteiger partial charge in [-0.25, -0.2) is 4.99 Å². The minimum absolute atomic E-state index is 0.0346. The lowest BCUT2D eigenvalue weighted by molar-refractivity contribution is 0.0827. The number of amides is 1. The summed E-state index contributed by atoms with van der Waals surface area (Å²) in [5.41, 5.74) is 14.1. The van der Waals surface area contributed by atoms with E-state index in [9.17, 15) is 4.79 Å². The molecule has 0 radical (unpaired) electrons. The van der Waals surface area contributed by atoms with Crippen molar-refractivity contribution < 1.29 is 4.79 Å². The molecular weight excluding hydrogens is 316 g/mol. The molecule has 7 heteroatoms. The lowest BCUT2D eigenvalue weighted by Gasteiger charge is -2.46. The van der Waals surface area contributed by atoms with Gasteiger partial charge in [-0.2, -0.15) is 4.99 Å². The molecule has 134 valence electrons. The van der Waals surface area contributed by atoms with Crippen LogP contribution in [0.5, 0.6) is 0 Å². The number of hydrogen-bond donors (Lipinski definition) is 2. The van der Waals surface area contributed by atoms with E-state index in [0.29, 0.717) is 11.5 Å². The Hall–Kier alpha value is -2.57. The number of aliphatic imine (C=N–C) groups is 2. The molecule has 0 bridgehead atoms. The second-order valence-electron chi connectivity index (χ2n) is 6.97. The van der Waals surface area contributed by atoms with Crippen molar-refractivity contribution in [2.75, 3.05) is 19.0 Å². The van der Waals surface area contributed by atoms with Crippen molar-refractivity contribution in [3.05, 3.63) is 29.3 Å². The second-order valence-corrected chi connectivity index (χ2v) is 6.97. The molecule has 1 heterocycles. The lowest BCUT2D eigenvalue weighted by atomic mass is 9.86. The Kier molecular flexibility index (Phi) is 4.41. The largest absolute Gasteiger partial charge is 0.369 e. The van der Waals surface area contributed by atoms with E-state index in [1.807, 2.05) is 30.0 Å². The average Bonchev–Trinajstić information content (AvgIpc) is 2.55. The fraction of sp³-hybridized carbons (Fsp3) is 0.500. The highest BCUT2D eigenvalue weighted by Gasteiger charge is 2.43. The Bertz CT molecular complexity index is 746. The standard InChI is InChI=1S/C18H26N6O/c1-12-13(15(25)23(2)3)8-7-9-14(12)24-17(20)21-16(19)22-18(24)10-5-4-6-11-18/h7-9H,4-6,10-11H2,1-3H3,(H4,19,20,21,22). The summed E-state index contributed by atoms with van der Waals surface area (Å²) in [4.78, 5) is 24.9. The van der Waals surface area contributed by atoms with Crippen molar-refractivity contribution in [2.24, 2.45) is 21.5 Å². The van der Waals surface area contributed by atoms with Crippen LogP contribution in [0.25, 0.3) is 0 Å². The van der Waals surface area contributed by atoms with Crippen LogP contribution in [0.1, 0.15) is 48.0 Å². The normalized spacial score (nSPS) is 19.4. The SMILES string of the molecule is Cc1c(C(=O)N(C)C)cccc1N1C(N)=NC(N)=NC12CCCCC2. The summed E-state index contributed by atoms with van der Waals surface area (Å²) in [7, 11) is 3.50. The van der Waals surface area contributed by atoms with Crippen molar-refractivity contribution >= 4 is 23.5 Å². The summed E-state index contributed by atoms with van der Waals surface area (Å²) in [6.45, 7) is 1.94. The van der Waals surface area contributed by atoms with Gasteiger partial charge in [-0.15, -0.1) is 0 Å². The third-order valence-electron chi connectivity index (χ3n) is 5.03. The number of nitrogens with two attached hydrogens (primary N) is 2. The van der Waals surface area contributed by atoms with Gasteiger partial charge in [0.25, 0.3) is 5.91 Å². The Morgan fingerprint density at radius 2 is 1.88 bits per heavy atom. The number of nitrogens with zero attached hydrogens (tertiary/aromatic N) is 4. The van der Waals surface area contributed by atoms with E-state index in [2.05, 4.69) is 9.98 Å². The first-order valence-corrected chi connectivity index (χ1v) is 8.67. The third-order valence-corrected chi connectivity index (χ3v) is 5.03. The highest BCUT2D eigenvalue weighted by Crippen LogP contribution is 2.40. The summed E-state index contributed by atoms with van der Waals surface area (Å²) < 4.78 is 0. The predicted octanol–water partition coefficient (Wildman–Crippen LogP) is 1.81. The van der Waals surface area contributed by atoms with Crippen molar-refractivity contribution in [2.45, 2.75) is 44.7 Å². The van der Waals surface area contributed by atoms with Gasteiger partial charge in [0.1, 0.15) is 5.66 Å². The molecule has 7 nitrogen and oxygen atoms in total. The van der Waals surface area contributed by atoms with Crippen LogP contribution < -0.4 is 16.4 Å². The summed E-state index contributed by atoms with van der Waals surface area (Å²) in [6.07, 6.45) is 5.05. The van der Waals surface area contributed by atoms with Crippen LogP contribution in [0.3, 0.4) is 0 Å². The smallest absolute Gasteiger partial charge is 0.253 e. The molecule has 0 aromatic heterocycles. The Morgan fingerprint density at radius 1 is 1.20 bits per heavy atom. The molecule has 25 heavy (non-hydrogen) atoms. The van der Waals surface area contributed by atoms with Gasteiger partial charge in [-0.05, 0) is 50.3 Å². The molecule has 3 rings (SSSR count). The Morgan fingerprint density at radius 3 is 2.52 bits per heavy atom. The number of benzene rings is 1. The maximum atomic E-state index is 12.5. The van der Waals surface area contributed by atoms with Crippen LogP contribution >= 0.6 is 0 Å². The van der Waals surface area contributed by atoms with Crippen LogP contribution in [-0.2, 0) is 0 Å². The van der Waals surface area contributed by atoms with Crippen LogP contribution in [-0.4, -0.2) is 42.5 Å². The number of guanidine groups is 2. The van der Waals surface area contributed by atoms with E-state index in [1.54, 1.807) is 19.0 Å². The van der Waals surface area contributed by atoms with Crippen molar-refractivity contribution in [3.8, 4) is 0 Å². The maximum Gasteiger partial charge on any atom is 0.253 e. The zero-order valence-corrected chi connectivity index (χ0v) is 15.1. The molecule has 0 saturated heterocycles. The van der Waals surface area contributed by atoms with Gasteiger partial charge < -0.3 is 16.4 Å². The summed E-state index contributed by atoms with van der Waals surface area (Å²) in [5, 5.41) is 0. The third kappa shape index (κ3) is 2.94. The topological polar surface area (TPSA) is 100 Å². The number of anilines is 1. The monoisotopic (exact) mass is 342 g/mol. The molecule has 1 aromatic carbocycles. The molecule has 1 aliphatic heterocycles. The maximum absolute atomic E-state index is 12.5. The van der Waals surface area contributed by atoms with Crippen LogP contribution in [0.4, 0.5) is 5.69 Å². The fourth-order valence-electron chi connectivity index (χ4n) is 3.81. The van der Waals surface area contributed by atoms with E-state index in [4.69, 9.17) is 11.5 Å². The Balaban J connectivity index is 2.12. The summed E-state index contributed by atoms with van der Waals surface area (Å²) in [6, 6.07) is 5.69. The molecule has 1 aromatic rings. The van der Waals surface area contributed by atoms with Crippen LogP contribution in [0.15, 0.2) is 28.2 Å². The van der Waals surface area contributed by atoms with Gasteiger partial charge in [-0.1, -0.05) is 12.5 Å². The minimum Gasteiger partial charge on any atom is -0.369 e. The zero-order valence-electron chi connectivity index (χ0n) is 15.1. The first kappa shape index (κ1) is 17.3. The predicted molar refractivity (Wildman–Crippen MR) is 101 cm³/mol. The number of carbonyl (C=O) groups excluding carboxylic acids is 1. The molecule has 0 unspecified atom stereocenters. The second kappa shape index (κ2) is 6.38. The van der Waals surface area contributed by atoms with Crippen LogP contribution in [0.2, 0.25) is 0 Å². The molecule has 1 spiro atoms. The molecule has 1 aliphatic carbocycles. The van der Waals surface area contributed by atoms with Crippen LogP contribution in [0, 0.1) is 6.92 Å². The minimum atomic E-state index is -0.501.